The highest BCUT2D eigenvalue weighted by Gasteiger charge is 2.17. The molecule has 0 saturated carbocycles. The normalized spacial score (nSPS) is 12.1. The van der Waals surface area contributed by atoms with Crippen molar-refractivity contribution >= 4 is 53.6 Å². The first-order valence-corrected chi connectivity index (χ1v) is 11.6. The second-order valence-corrected chi connectivity index (χ2v) is 9.81. The Morgan fingerprint density at radius 3 is 2.46 bits per heavy atom. The van der Waals surface area contributed by atoms with Crippen LogP contribution in [-0.4, -0.2) is 53.4 Å². The van der Waals surface area contributed by atoms with Crippen LogP contribution in [0.3, 0.4) is 0 Å². The Labute approximate surface area is 165 Å². The zero-order valence-corrected chi connectivity index (χ0v) is 17.4. The molecule has 1 amide bonds. The maximum atomic E-state index is 12.1. The lowest BCUT2D eigenvalue weighted by Crippen LogP contribution is -2.19. The highest BCUT2D eigenvalue weighted by molar-refractivity contribution is 7.92. The summed E-state index contributed by atoms with van der Waals surface area (Å²) in [5.41, 5.74) is 0.446. The molecule has 1 aromatic carbocycles. The number of ether oxygens (including phenoxy) is 1. The van der Waals surface area contributed by atoms with Crippen molar-refractivity contribution in [2.24, 2.45) is 0 Å². The summed E-state index contributed by atoms with van der Waals surface area (Å²) in [5.74, 6) is -0.397. The predicted molar refractivity (Wildman–Crippen MR) is 105 cm³/mol. The third-order valence-electron chi connectivity index (χ3n) is 3.10. The van der Waals surface area contributed by atoms with Gasteiger partial charge in [0.25, 0.3) is 0 Å². The number of carbonyl (C=O) groups is 1. The van der Waals surface area contributed by atoms with Gasteiger partial charge in [0.05, 0.1) is 13.4 Å². The average Bonchev–Trinajstić information content (AvgIpc) is 3.04. The van der Waals surface area contributed by atoms with Crippen LogP contribution in [0.1, 0.15) is 5.56 Å². The number of methoxy groups -OCH3 is 1. The van der Waals surface area contributed by atoms with E-state index in [1.165, 1.54) is 38.4 Å². The third-order valence-corrected chi connectivity index (χ3v) is 5.98. The van der Waals surface area contributed by atoms with Crippen molar-refractivity contribution in [1.82, 2.24) is 14.9 Å². The van der Waals surface area contributed by atoms with E-state index in [-0.39, 0.29) is 20.9 Å². The van der Waals surface area contributed by atoms with E-state index in [4.69, 9.17) is 4.74 Å². The van der Waals surface area contributed by atoms with Gasteiger partial charge in [0.1, 0.15) is 10.6 Å². The molecular weight excluding hydrogens is 430 g/mol. The smallest absolute Gasteiger partial charge is 0.250 e. The van der Waals surface area contributed by atoms with Gasteiger partial charge in [-0.2, -0.15) is 0 Å². The van der Waals surface area contributed by atoms with Crippen molar-refractivity contribution in [3.05, 3.63) is 29.8 Å². The van der Waals surface area contributed by atoms with Crippen LogP contribution in [0.4, 0.5) is 10.3 Å². The van der Waals surface area contributed by atoms with Gasteiger partial charge in [-0.05, 0) is 30.8 Å². The van der Waals surface area contributed by atoms with E-state index in [9.17, 15) is 21.6 Å². The molecule has 0 unspecified atom stereocenters. The molecule has 0 fully saturated rings. The van der Waals surface area contributed by atoms with Crippen molar-refractivity contribution in [1.29, 1.82) is 0 Å². The van der Waals surface area contributed by atoms with E-state index >= 15 is 0 Å². The molecule has 1 aromatic heterocycles. The molecule has 11 nitrogen and oxygen atoms in total. The zero-order valence-electron chi connectivity index (χ0n) is 15.0. The Kier molecular flexibility index (Phi) is 6.71. The third kappa shape index (κ3) is 5.98. The number of hydrogen-bond acceptors (Lipinski definition) is 9. The first-order chi connectivity index (χ1) is 13.0. The molecule has 3 N–H and O–H groups in total. The van der Waals surface area contributed by atoms with E-state index in [1.807, 2.05) is 0 Å². The number of sulfonamides is 2. The molecule has 0 bridgehead atoms. The molecule has 1 heterocycles. The summed E-state index contributed by atoms with van der Waals surface area (Å²) in [7, 11) is -4.61. The van der Waals surface area contributed by atoms with Crippen LogP contribution >= 0.6 is 11.3 Å². The lowest BCUT2D eigenvalue weighted by Gasteiger charge is -2.09. The van der Waals surface area contributed by atoms with Gasteiger partial charge in [0.2, 0.25) is 36.2 Å². The van der Waals surface area contributed by atoms with Gasteiger partial charge >= 0.3 is 0 Å². The number of hydrogen-bond donors (Lipinski definition) is 3. The van der Waals surface area contributed by atoms with Gasteiger partial charge in [0, 0.05) is 6.08 Å². The summed E-state index contributed by atoms with van der Waals surface area (Å²) < 4.78 is 55.8. The molecule has 152 valence electrons. The largest absolute Gasteiger partial charge is 0.495 e. The Morgan fingerprint density at radius 1 is 1.18 bits per heavy atom. The minimum atomic E-state index is -3.74. The highest BCUT2D eigenvalue weighted by atomic mass is 32.2. The number of nitrogens with zero attached hydrogens (tertiary/aromatic N) is 2. The standard InChI is InChI=1S/C14H17N5O6S3/c1-15-28(23,24)11-8-9(4-6-10(11)25-2)5-7-12(20)16-13-17-18-14(26-13)19-27(3,21)22/h4-8,15H,1-3H3,(H,18,19)(H,16,17,20). The molecule has 0 aliphatic rings. The van der Waals surface area contributed by atoms with Crippen LogP contribution in [0.2, 0.25) is 0 Å². The average molecular weight is 448 g/mol. The number of nitrogens with one attached hydrogen (secondary N) is 3. The van der Waals surface area contributed by atoms with Crippen LogP contribution in [0, 0.1) is 0 Å². The summed E-state index contributed by atoms with van der Waals surface area (Å²) in [4.78, 5) is 11.9. The molecule has 0 radical (unpaired) electrons. The van der Waals surface area contributed by atoms with Crippen LogP contribution in [0.5, 0.6) is 5.75 Å². The van der Waals surface area contributed by atoms with Crippen LogP contribution in [0.25, 0.3) is 6.08 Å². The number of aromatic nitrogens is 2. The van der Waals surface area contributed by atoms with Crippen LogP contribution in [-0.2, 0) is 24.8 Å². The highest BCUT2D eigenvalue weighted by Crippen LogP contribution is 2.25. The fourth-order valence-electron chi connectivity index (χ4n) is 1.91. The van der Waals surface area contributed by atoms with Crippen LogP contribution in [0.15, 0.2) is 29.2 Å². The Bertz CT molecular complexity index is 1110. The Hall–Kier alpha value is -2.55. The van der Waals surface area contributed by atoms with Crippen molar-refractivity contribution in [3.63, 3.8) is 0 Å². The van der Waals surface area contributed by atoms with Crippen molar-refractivity contribution < 1.29 is 26.4 Å². The van der Waals surface area contributed by atoms with Gasteiger partial charge < -0.3 is 4.74 Å². The number of anilines is 2. The summed E-state index contributed by atoms with van der Waals surface area (Å²) >= 11 is 0.841. The van der Waals surface area contributed by atoms with Crippen LogP contribution < -0.4 is 19.5 Å². The van der Waals surface area contributed by atoms with E-state index in [0.717, 1.165) is 17.6 Å². The molecule has 0 aliphatic heterocycles. The zero-order chi connectivity index (χ0) is 20.9. The fraction of sp³-hybridized carbons (Fsp3) is 0.214. The van der Waals surface area contributed by atoms with Gasteiger partial charge in [0.15, 0.2) is 0 Å². The first kappa shape index (κ1) is 21.7. The molecule has 0 spiro atoms. The SMILES string of the molecule is CNS(=O)(=O)c1cc(C=CC(=O)Nc2nnc(NS(C)(=O)=O)s2)ccc1OC. The molecule has 0 atom stereocenters. The van der Waals surface area contributed by atoms with E-state index in [2.05, 4.69) is 25.0 Å². The lowest BCUT2D eigenvalue weighted by molar-refractivity contribution is -0.111. The second-order valence-electron chi connectivity index (χ2n) is 5.23. The first-order valence-electron chi connectivity index (χ1n) is 7.46. The molecule has 14 heteroatoms. The number of amides is 1. The lowest BCUT2D eigenvalue weighted by atomic mass is 10.2. The summed E-state index contributed by atoms with van der Waals surface area (Å²) in [6.45, 7) is 0. The van der Waals surface area contributed by atoms with E-state index < -0.39 is 26.0 Å². The summed E-state index contributed by atoms with van der Waals surface area (Å²) in [5, 5.41) is 9.77. The maximum Gasteiger partial charge on any atom is 0.250 e. The van der Waals surface area contributed by atoms with Gasteiger partial charge in [-0.1, -0.05) is 17.4 Å². The maximum absolute atomic E-state index is 12.1. The van der Waals surface area contributed by atoms with E-state index in [1.54, 1.807) is 6.07 Å². The molecular formula is C14H17N5O6S3. The Morgan fingerprint density at radius 2 is 1.86 bits per heavy atom. The molecule has 0 aliphatic carbocycles. The monoisotopic (exact) mass is 447 g/mol. The summed E-state index contributed by atoms with van der Waals surface area (Å²) in [6, 6.07) is 4.40. The van der Waals surface area contributed by atoms with Gasteiger partial charge in [-0.3, -0.25) is 14.8 Å². The van der Waals surface area contributed by atoms with Crippen molar-refractivity contribution in [2.45, 2.75) is 4.90 Å². The Balaban J connectivity index is 2.13. The van der Waals surface area contributed by atoms with E-state index in [0.29, 0.717) is 5.56 Å². The van der Waals surface area contributed by atoms with Gasteiger partial charge in [-0.15, -0.1) is 10.2 Å². The predicted octanol–water partition coefficient (Wildman–Crippen LogP) is 0.478. The minimum absolute atomic E-state index is 0.0128. The van der Waals surface area contributed by atoms with Gasteiger partial charge in [-0.25, -0.2) is 21.6 Å². The summed E-state index contributed by atoms with van der Waals surface area (Å²) in [6.07, 6.45) is 3.54. The molecule has 0 saturated heterocycles. The second kappa shape index (κ2) is 8.64. The van der Waals surface area contributed by atoms with Crippen molar-refractivity contribution in [2.75, 3.05) is 30.5 Å². The quantitative estimate of drug-likeness (QED) is 0.493. The van der Waals surface area contributed by atoms with Crippen molar-refractivity contribution in [3.8, 4) is 5.75 Å². The fourth-order valence-corrected chi connectivity index (χ4v) is 4.31. The molecule has 2 rings (SSSR count). The number of carbonyl (C=O) groups excluding carboxylic acids is 1. The molecule has 2 aromatic rings. The topological polar surface area (TPSA) is 156 Å². The number of rotatable bonds is 8. The number of benzene rings is 1. The minimum Gasteiger partial charge on any atom is -0.495 e. The molecule has 28 heavy (non-hydrogen) atoms.